The number of nitrogen functional groups attached to an aromatic ring is 1. The molecule has 7 rings (SSSR count). The zero-order valence-corrected chi connectivity index (χ0v) is 42.3. The summed E-state index contributed by atoms with van der Waals surface area (Å²) in [6, 6.07) is 16.6. The number of nitrogens with zero attached hydrogens (tertiary/aromatic N) is 6. The molecular weight excluding hydrogens is 967 g/mol. The molecule has 0 aliphatic carbocycles. The van der Waals surface area contributed by atoms with Crippen LogP contribution in [-0.4, -0.2) is 103 Å². The summed E-state index contributed by atoms with van der Waals surface area (Å²) in [5, 5.41) is 25.4. The van der Waals surface area contributed by atoms with E-state index >= 15 is 0 Å². The standard InChI is InChI=1S/C23H22FN7O3.C21H22FN7O3.C5H12O3/c1-12-8-19(27-11-16(12)24)29-20-9-18(15(10-26-20)22(32)25-3)28-17-7-5-6-14(21(17)33-4)23-31-30-13(2)34-23;1-11-7-17(26-10-14(11)22)28-18-8-16(13(9-25-18)20(30)24-2)27-15-6-4-5-12(19(15)32-3)21(31)29-23;1-5(6-2,7-3)8-4/h5-11H,1-4H3,(H,25,32)(H2,26,27,28,29);4-10H,23H2,1-3H3,(H,24,30)(H,29,31)(H2,25,26,27,28);1-4H3. The summed E-state index contributed by atoms with van der Waals surface area (Å²) in [6.07, 6.45) is 5.04. The van der Waals surface area contributed by atoms with Gasteiger partial charge in [-0.2, -0.15) is 0 Å². The largest absolute Gasteiger partial charge is 0.494 e. The van der Waals surface area contributed by atoms with E-state index < -0.39 is 23.5 Å². The van der Waals surface area contributed by atoms with Gasteiger partial charge in [-0.1, -0.05) is 12.1 Å². The molecule has 0 bridgehead atoms. The Kier molecular flexibility index (Phi) is 19.7. The van der Waals surface area contributed by atoms with Crippen molar-refractivity contribution >= 4 is 63.7 Å². The lowest BCUT2D eigenvalue weighted by molar-refractivity contribution is -0.340. The molecule has 5 aromatic heterocycles. The summed E-state index contributed by atoms with van der Waals surface area (Å²) in [4.78, 5) is 53.5. The number of amides is 3. The van der Waals surface area contributed by atoms with Crippen molar-refractivity contribution in [1.82, 2.24) is 46.2 Å². The number of pyridine rings is 4. The van der Waals surface area contributed by atoms with Gasteiger partial charge < -0.3 is 60.0 Å². The van der Waals surface area contributed by atoms with E-state index in [1.807, 2.05) is 0 Å². The Morgan fingerprint density at radius 2 is 1.01 bits per heavy atom. The number of nitrogens with two attached hydrogens (primary N) is 1. The fraction of sp³-hybridized carbons (Fsp3) is 0.245. The monoisotopic (exact) mass is 1020 g/mol. The van der Waals surface area contributed by atoms with Crippen LogP contribution < -0.4 is 52.6 Å². The molecule has 5 heterocycles. The summed E-state index contributed by atoms with van der Waals surface area (Å²) in [7, 11) is 10.5. The van der Waals surface area contributed by atoms with E-state index in [4.69, 9.17) is 33.9 Å². The zero-order valence-electron chi connectivity index (χ0n) is 42.3. The number of halogens is 2. The van der Waals surface area contributed by atoms with Crippen LogP contribution in [0.4, 0.5) is 54.8 Å². The number of aryl methyl sites for hydroxylation is 3. The first-order valence-corrected chi connectivity index (χ1v) is 22.0. The summed E-state index contributed by atoms with van der Waals surface area (Å²) < 4.78 is 58.0. The summed E-state index contributed by atoms with van der Waals surface area (Å²) in [5.74, 6) is 5.27. The first-order chi connectivity index (χ1) is 35.4. The third kappa shape index (κ3) is 14.2. The quantitative estimate of drug-likeness (QED) is 0.0195. The fourth-order valence-electron chi connectivity index (χ4n) is 6.44. The van der Waals surface area contributed by atoms with E-state index in [9.17, 15) is 23.2 Å². The number of rotatable bonds is 17. The van der Waals surface area contributed by atoms with Gasteiger partial charge in [-0.25, -0.2) is 34.6 Å². The smallest absolute Gasteiger partial charge is 0.279 e. The number of carbonyl (C=O) groups excluding carboxylic acids is 3. The Morgan fingerprint density at radius 3 is 1.41 bits per heavy atom. The van der Waals surface area contributed by atoms with Crippen LogP contribution in [0.1, 0.15) is 55.0 Å². The molecule has 0 fully saturated rings. The number of carbonyl (C=O) groups is 3. The number of nitrogens with one attached hydrogen (secondary N) is 7. The van der Waals surface area contributed by atoms with Gasteiger partial charge in [-0.05, 0) is 61.4 Å². The fourth-order valence-corrected chi connectivity index (χ4v) is 6.44. The average Bonchev–Trinajstić information content (AvgIpc) is 3.86. The topological polar surface area (TPSA) is 298 Å². The first kappa shape index (κ1) is 56.0. The molecule has 0 saturated heterocycles. The summed E-state index contributed by atoms with van der Waals surface area (Å²) in [6.45, 7) is 6.65. The van der Waals surface area contributed by atoms with Gasteiger partial charge in [0.25, 0.3) is 29.6 Å². The van der Waals surface area contributed by atoms with Crippen LogP contribution in [0.25, 0.3) is 11.5 Å². The summed E-state index contributed by atoms with van der Waals surface area (Å²) in [5.41, 5.74) is 6.09. The second-order valence-corrected chi connectivity index (χ2v) is 15.4. The molecule has 0 saturated carbocycles. The number of aromatic nitrogens is 6. The van der Waals surface area contributed by atoms with Gasteiger partial charge in [-0.3, -0.25) is 19.8 Å². The molecule has 25 heteroatoms. The van der Waals surface area contributed by atoms with Crippen molar-refractivity contribution in [3.05, 3.63) is 131 Å². The molecule has 0 spiro atoms. The van der Waals surface area contributed by atoms with Crippen LogP contribution in [0, 0.1) is 32.4 Å². The van der Waals surface area contributed by atoms with Gasteiger partial charge in [0.1, 0.15) is 34.9 Å². The summed E-state index contributed by atoms with van der Waals surface area (Å²) >= 11 is 0. The van der Waals surface area contributed by atoms with Crippen LogP contribution in [0.5, 0.6) is 11.5 Å². The van der Waals surface area contributed by atoms with Crippen LogP contribution in [-0.2, 0) is 14.2 Å². The van der Waals surface area contributed by atoms with Crippen molar-refractivity contribution in [3.8, 4) is 23.0 Å². The van der Waals surface area contributed by atoms with E-state index in [-0.39, 0.29) is 28.7 Å². The van der Waals surface area contributed by atoms with Gasteiger partial charge >= 0.3 is 0 Å². The second kappa shape index (κ2) is 26.0. The van der Waals surface area contributed by atoms with Crippen molar-refractivity contribution in [2.75, 3.05) is 70.9 Å². The Labute approximate surface area is 424 Å². The third-order valence-electron chi connectivity index (χ3n) is 10.6. The Hall–Kier alpha value is -8.91. The molecule has 23 nitrogen and oxygen atoms in total. The molecule has 3 amide bonds. The van der Waals surface area contributed by atoms with Gasteiger partial charge in [0.05, 0.1) is 71.6 Å². The Bertz CT molecular complexity index is 3080. The van der Waals surface area contributed by atoms with Crippen molar-refractivity contribution in [1.29, 1.82) is 0 Å². The molecule has 0 unspecified atom stereocenters. The SMILES string of the molecule is CNC(=O)c1cnc(Nc2cc(C)c(F)cn2)cc1Nc1cccc(-c2nnc(C)o2)c1OC.CNC(=O)c1cnc(Nc2cc(C)c(F)cn2)cc1Nc1cccc(C(=O)NN)c1OC.COC(C)(OC)OC. The molecule has 0 aliphatic heterocycles. The minimum atomic E-state index is -0.875. The predicted molar refractivity (Wildman–Crippen MR) is 271 cm³/mol. The van der Waals surface area contributed by atoms with Gasteiger partial charge in [0.2, 0.25) is 5.89 Å². The van der Waals surface area contributed by atoms with Crippen molar-refractivity contribution in [2.45, 2.75) is 33.7 Å². The van der Waals surface area contributed by atoms with Crippen molar-refractivity contribution in [3.63, 3.8) is 0 Å². The van der Waals surface area contributed by atoms with E-state index in [0.29, 0.717) is 85.8 Å². The third-order valence-corrected chi connectivity index (χ3v) is 10.6. The molecule has 9 N–H and O–H groups in total. The molecule has 0 aliphatic rings. The number of ether oxygens (including phenoxy) is 5. The Balaban J connectivity index is 0.000000239. The number of hydrogen-bond donors (Lipinski definition) is 8. The minimum Gasteiger partial charge on any atom is -0.494 e. The van der Waals surface area contributed by atoms with Crippen molar-refractivity contribution < 1.29 is 51.3 Å². The highest BCUT2D eigenvalue weighted by atomic mass is 19.1. The molecule has 390 valence electrons. The highest BCUT2D eigenvalue weighted by Crippen LogP contribution is 2.39. The normalized spacial score (nSPS) is 10.6. The van der Waals surface area contributed by atoms with Gasteiger partial charge in [0.15, 0.2) is 11.5 Å². The second-order valence-electron chi connectivity index (χ2n) is 15.4. The number of hydrazine groups is 1. The van der Waals surface area contributed by atoms with Gasteiger partial charge in [-0.15, -0.1) is 10.2 Å². The highest BCUT2D eigenvalue weighted by molar-refractivity contribution is 6.02. The molecule has 0 atom stereocenters. The number of benzene rings is 2. The molecule has 2 aromatic carbocycles. The molecule has 0 radical (unpaired) electrons. The lowest BCUT2D eigenvalue weighted by Crippen LogP contribution is -2.31. The van der Waals surface area contributed by atoms with Gasteiger partial charge in [0, 0.05) is 73.8 Å². The number of hydrogen-bond acceptors (Lipinski definition) is 20. The van der Waals surface area contributed by atoms with E-state index in [1.165, 1.54) is 68.1 Å². The first-order valence-electron chi connectivity index (χ1n) is 22.0. The number of methoxy groups -OCH3 is 5. The van der Waals surface area contributed by atoms with Crippen LogP contribution in [0.2, 0.25) is 0 Å². The average molecular weight is 1020 g/mol. The number of anilines is 8. The maximum absolute atomic E-state index is 13.6. The maximum Gasteiger partial charge on any atom is 0.279 e. The zero-order chi connectivity index (χ0) is 54.1. The molecular formula is C49H56F2N14O9. The number of para-hydroxylation sites is 2. The molecule has 7 aromatic rings. The van der Waals surface area contributed by atoms with E-state index in [0.717, 1.165) is 12.4 Å². The lowest BCUT2D eigenvalue weighted by Gasteiger charge is -2.23. The van der Waals surface area contributed by atoms with Crippen LogP contribution >= 0.6 is 0 Å². The van der Waals surface area contributed by atoms with Crippen LogP contribution in [0.3, 0.4) is 0 Å². The van der Waals surface area contributed by atoms with E-state index in [1.54, 1.807) is 82.3 Å². The van der Waals surface area contributed by atoms with Crippen LogP contribution in [0.15, 0.2) is 89.9 Å². The predicted octanol–water partition coefficient (Wildman–Crippen LogP) is 7.12. The Morgan fingerprint density at radius 1 is 0.568 bits per heavy atom. The molecule has 74 heavy (non-hydrogen) atoms. The lowest BCUT2D eigenvalue weighted by atomic mass is 10.1. The maximum atomic E-state index is 13.6. The minimum absolute atomic E-state index is 0.208. The van der Waals surface area contributed by atoms with E-state index in [2.05, 4.69) is 67.5 Å². The highest BCUT2D eigenvalue weighted by Gasteiger charge is 2.22. The van der Waals surface area contributed by atoms with Crippen molar-refractivity contribution in [2.24, 2.45) is 5.84 Å².